The van der Waals surface area contributed by atoms with Crippen LogP contribution in [0, 0.1) is 6.92 Å². The molecule has 0 aromatic heterocycles. The first kappa shape index (κ1) is 14.8. The maximum Gasteiger partial charge on any atom is 0.200 e. The minimum absolute atomic E-state index is 0.0138. The van der Waals surface area contributed by atoms with Crippen LogP contribution < -0.4 is 4.74 Å². The summed E-state index contributed by atoms with van der Waals surface area (Å²) in [6, 6.07) is 13.5. The van der Waals surface area contributed by atoms with Crippen LogP contribution in [0.2, 0.25) is 0 Å². The molecule has 0 fully saturated rings. The first-order chi connectivity index (χ1) is 9.60. The highest BCUT2D eigenvalue weighted by Gasteiger charge is 2.08. The highest BCUT2D eigenvalue weighted by Crippen LogP contribution is 2.25. The molecule has 104 valence electrons. The third-order valence-electron chi connectivity index (χ3n) is 3.13. The van der Waals surface area contributed by atoms with Gasteiger partial charge in [-0.2, -0.15) is 0 Å². The largest absolute Gasteiger partial charge is 0.484 e. The number of hydrogen-bond donors (Lipinski definition) is 0. The SMILES string of the molecule is CCc1ccc(C(=O)COc2ccc(C)cc2Br)cc1. The Morgan fingerprint density at radius 3 is 2.45 bits per heavy atom. The number of ketones is 1. The van der Waals surface area contributed by atoms with Crippen molar-refractivity contribution < 1.29 is 9.53 Å². The van der Waals surface area contributed by atoms with Crippen LogP contribution in [-0.4, -0.2) is 12.4 Å². The summed E-state index contributed by atoms with van der Waals surface area (Å²) < 4.78 is 6.44. The van der Waals surface area contributed by atoms with Gasteiger partial charge >= 0.3 is 0 Å². The zero-order valence-electron chi connectivity index (χ0n) is 11.7. The number of halogens is 1. The molecule has 2 aromatic carbocycles. The molecule has 0 saturated carbocycles. The van der Waals surface area contributed by atoms with Crippen LogP contribution >= 0.6 is 15.9 Å². The van der Waals surface area contributed by atoms with Crippen molar-refractivity contribution in [3.05, 3.63) is 63.6 Å². The predicted molar refractivity (Wildman–Crippen MR) is 84.5 cm³/mol. The van der Waals surface area contributed by atoms with Gasteiger partial charge in [0.25, 0.3) is 0 Å². The third kappa shape index (κ3) is 3.70. The van der Waals surface area contributed by atoms with E-state index in [0.29, 0.717) is 11.3 Å². The van der Waals surface area contributed by atoms with E-state index in [1.807, 2.05) is 49.4 Å². The molecule has 0 aliphatic carbocycles. The van der Waals surface area contributed by atoms with Crippen molar-refractivity contribution in [2.24, 2.45) is 0 Å². The van der Waals surface area contributed by atoms with Crippen molar-refractivity contribution in [2.45, 2.75) is 20.3 Å². The van der Waals surface area contributed by atoms with Gasteiger partial charge < -0.3 is 4.74 Å². The standard InChI is InChI=1S/C17H17BrO2/c1-3-13-5-7-14(8-6-13)16(19)11-20-17-9-4-12(2)10-15(17)18/h4-10H,3,11H2,1-2H3. The maximum absolute atomic E-state index is 12.1. The first-order valence-electron chi connectivity index (χ1n) is 6.61. The normalized spacial score (nSPS) is 10.3. The Morgan fingerprint density at radius 1 is 1.15 bits per heavy atom. The van der Waals surface area contributed by atoms with Crippen LogP contribution in [0.5, 0.6) is 5.75 Å². The minimum atomic E-state index is -0.0138. The number of benzene rings is 2. The molecule has 0 aliphatic heterocycles. The van der Waals surface area contributed by atoms with Crippen molar-refractivity contribution >= 4 is 21.7 Å². The van der Waals surface area contributed by atoms with Gasteiger partial charge in [-0.3, -0.25) is 4.79 Å². The lowest BCUT2D eigenvalue weighted by Crippen LogP contribution is -2.11. The average Bonchev–Trinajstić information content (AvgIpc) is 2.46. The van der Waals surface area contributed by atoms with Gasteiger partial charge in [-0.25, -0.2) is 0 Å². The summed E-state index contributed by atoms with van der Waals surface area (Å²) in [7, 11) is 0. The van der Waals surface area contributed by atoms with Crippen LogP contribution in [0.25, 0.3) is 0 Å². The summed E-state index contributed by atoms with van der Waals surface area (Å²) in [6.07, 6.45) is 0.973. The van der Waals surface area contributed by atoms with E-state index in [-0.39, 0.29) is 12.4 Å². The highest BCUT2D eigenvalue weighted by atomic mass is 79.9. The van der Waals surface area contributed by atoms with E-state index >= 15 is 0 Å². The van der Waals surface area contributed by atoms with E-state index in [9.17, 15) is 4.79 Å². The molecule has 2 aromatic rings. The second-order valence-corrected chi connectivity index (χ2v) is 5.55. The van der Waals surface area contributed by atoms with Crippen molar-refractivity contribution in [1.82, 2.24) is 0 Å². The Morgan fingerprint density at radius 2 is 1.85 bits per heavy atom. The molecule has 0 heterocycles. The van der Waals surface area contributed by atoms with Crippen molar-refractivity contribution in [3.8, 4) is 5.75 Å². The molecule has 0 amide bonds. The Labute approximate surface area is 127 Å². The molecule has 3 heteroatoms. The van der Waals surface area contributed by atoms with Gasteiger partial charge in [0.05, 0.1) is 4.47 Å². The fourth-order valence-electron chi connectivity index (χ4n) is 1.88. The van der Waals surface area contributed by atoms with E-state index in [1.165, 1.54) is 5.56 Å². The minimum Gasteiger partial charge on any atom is -0.484 e. The number of carbonyl (C=O) groups is 1. The summed E-state index contributed by atoms with van der Waals surface area (Å²) in [5.41, 5.74) is 3.06. The summed E-state index contributed by atoms with van der Waals surface area (Å²) in [5, 5.41) is 0. The smallest absolute Gasteiger partial charge is 0.200 e. The molecule has 0 atom stereocenters. The van der Waals surface area contributed by atoms with Crippen molar-refractivity contribution in [3.63, 3.8) is 0 Å². The van der Waals surface area contributed by atoms with E-state index in [1.54, 1.807) is 0 Å². The lowest BCUT2D eigenvalue weighted by Gasteiger charge is -2.08. The molecule has 0 unspecified atom stereocenters. The fourth-order valence-corrected chi connectivity index (χ4v) is 2.48. The number of carbonyl (C=O) groups excluding carboxylic acids is 1. The molecular formula is C17H17BrO2. The van der Waals surface area contributed by atoms with E-state index < -0.39 is 0 Å². The van der Waals surface area contributed by atoms with Gasteiger partial charge in [-0.1, -0.05) is 37.3 Å². The van der Waals surface area contributed by atoms with Crippen molar-refractivity contribution in [1.29, 1.82) is 0 Å². The van der Waals surface area contributed by atoms with Gasteiger partial charge in [0.1, 0.15) is 5.75 Å². The van der Waals surface area contributed by atoms with Crippen LogP contribution in [0.4, 0.5) is 0 Å². The van der Waals surface area contributed by atoms with Crippen LogP contribution in [0.3, 0.4) is 0 Å². The molecule has 2 rings (SSSR count). The average molecular weight is 333 g/mol. The molecule has 2 nitrogen and oxygen atoms in total. The zero-order chi connectivity index (χ0) is 14.5. The summed E-state index contributed by atoms with van der Waals surface area (Å²) in [5.74, 6) is 0.675. The lowest BCUT2D eigenvalue weighted by molar-refractivity contribution is 0.0921. The number of Topliss-reactive ketones (excluding diaryl/α,β-unsaturated/α-hetero) is 1. The first-order valence-corrected chi connectivity index (χ1v) is 7.40. The zero-order valence-corrected chi connectivity index (χ0v) is 13.2. The molecule has 0 radical (unpaired) electrons. The van der Waals surface area contributed by atoms with E-state index in [4.69, 9.17) is 4.74 Å². The second kappa shape index (κ2) is 6.71. The van der Waals surface area contributed by atoms with Crippen LogP contribution in [0.15, 0.2) is 46.9 Å². The molecular weight excluding hydrogens is 316 g/mol. The second-order valence-electron chi connectivity index (χ2n) is 4.70. The van der Waals surface area contributed by atoms with Gasteiger partial charge in [0.2, 0.25) is 0 Å². The number of aryl methyl sites for hydroxylation is 2. The Balaban J connectivity index is 2.00. The Kier molecular flexibility index (Phi) is 4.96. The summed E-state index contributed by atoms with van der Waals surface area (Å²) in [6.45, 7) is 4.15. The number of rotatable bonds is 5. The highest BCUT2D eigenvalue weighted by molar-refractivity contribution is 9.10. The van der Waals surface area contributed by atoms with Crippen molar-refractivity contribution in [2.75, 3.05) is 6.61 Å². The summed E-state index contributed by atoms with van der Waals surface area (Å²) in [4.78, 5) is 12.1. The van der Waals surface area contributed by atoms with E-state index in [0.717, 1.165) is 16.5 Å². The molecule has 0 N–H and O–H groups in total. The van der Waals surface area contributed by atoms with Gasteiger partial charge in [-0.05, 0) is 52.5 Å². The number of ether oxygens (including phenoxy) is 1. The molecule has 0 aliphatic rings. The predicted octanol–water partition coefficient (Wildman–Crippen LogP) is 4.58. The molecule has 0 saturated heterocycles. The topological polar surface area (TPSA) is 26.3 Å². The van der Waals surface area contributed by atoms with Gasteiger partial charge in [-0.15, -0.1) is 0 Å². The maximum atomic E-state index is 12.1. The fraction of sp³-hybridized carbons (Fsp3) is 0.235. The lowest BCUT2D eigenvalue weighted by atomic mass is 10.1. The monoisotopic (exact) mass is 332 g/mol. The molecule has 0 bridgehead atoms. The molecule has 0 spiro atoms. The van der Waals surface area contributed by atoms with Crippen LogP contribution in [0.1, 0.15) is 28.4 Å². The van der Waals surface area contributed by atoms with Gasteiger partial charge in [0.15, 0.2) is 12.4 Å². The number of hydrogen-bond acceptors (Lipinski definition) is 2. The Bertz CT molecular complexity index is 603. The third-order valence-corrected chi connectivity index (χ3v) is 3.75. The van der Waals surface area contributed by atoms with Crippen LogP contribution in [-0.2, 0) is 6.42 Å². The molecule has 20 heavy (non-hydrogen) atoms. The Hall–Kier alpha value is -1.61. The quantitative estimate of drug-likeness (QED) is 0.749. The summed E-state index contributed by atoms with van der Waals surface area (Å²) >= 11 is 3.44. The van der Waals surface area contributed by atoms with E-state index in [2.05, 4.69) is 22.9 Å². The van der Waals surface area contributed by atoms with Gasteiger partial charge in [0, 0.05) is 5.56 Å².